The van der Waals surface area contributed by atoms with Gasteiger partial charge in [0.1, 0.15) is 11.5 Å². The molecule has 0 spiro atoms. The van der Waals surface area contributed by atoms with Crippen LogP contribution in [0.3, 0.4) is 0 Å². The van der Waals surface area contributed by atoms with Crippen molar-refractivity contribution in [3.05, 3.63) is 82.9 Å². The van der Waals surface area contributed by atoms with Crippen molar-refractivity contribution < 1.29 is 28.9 Å². The summed E-state index contributed by atoms with van der Waals surface area (Å²) in [5, 5.41) is 11.0. The normalized spacial score (nSPS) is 15.1. The van der Waals surface area contributed by atoms with E-state index in [4.69, 9.17) is 14.2 Å². The van der Waals surface area contributed by atoms with Crippen molar-refractivity contribution in [2.45, 2.75) is 12.3 Å². The predicted octanol–water partition coefficient (Wildman–Crippen LogP) is 4.08. The first-order valence-corrected chi connectivity index (χ1v) is 9.41. The lowest BCUT2D eigenvalue weighted by Gasteiger charge is -2.27. The second-order valence-corrected chi connectivity index (χ2v) is 6.91. The highest BCUT2D eigenvalue weighted by atomic mass is 16.5. The average molecular weight is 404 g/mol. The Morgan fingerprint density at radius 2 is 1.73 bits per heavy atom. The van der Waals surface area contributed by atoms with E-state index in [2.05, 4.69) is 0 Å². The second kappa shape index (κ2) is 7.91. The third kappa shape index (κ3) is 3.37. The Kier molecular flexibility index (Phi) is 5.14. The molecule has 0 unspecified atom stereocenters. The molecule has 1 heterocycles. The fraction of sp³-hybridized carbons (Fsp3) is 0.167. The van der Waals surface area contributed by atoms with E-state index in [1.165, 1.54) is 20.3 Å². The number of phenolic OH excluding ortho intramolecular Hbond substituents is 1. The van der Waals surface area contributed by atoms with Crippen LogP contribution in [0.25, 0.3) is 0 Å². The van der Waals surface area contributed by atoms with Crippen LogP contribution in [-0.4, -0.2) is 31.1 Å². The zero-order chi connectivity index (χ0) is 21.3. The molecule has 1 atom stereocenters. The minimum Gasteiger partial charge on any atom is -0.507 e. The second-order valence-electron chi connectivity index (χ2n) is 6.91. The van der Waals surface area contributed by atoms with E-state index >= 15 is 0 Å². The van der Waals surface area contributed by atoms with Crippen molar-refractivity contribution >= 4 is 11.8 Å². The number of fused-ring (bicyclic) bond motifs is 1. The summed E-state index contributed by atoms with van der Waals surface area (Å²) in [4.78, 5) is 25.2. The lowest BCUT2D eigenvalue weighted by atomic mass is 9.84. The number of phenols is 1. The number of ketones is 1. The van der Waals surface area contributed by atoms with Crippen LogP contribution < -0.4 is 14.2 Å². The van der Waals surface area contributed by atoms with Gasteiger partial charge in [0.25, 0.3) is 0 Å². The SMILES string of the molecule is COc1ccc([C@@H]2CC(=O)Oc3ccc(C(=O)c4ccccc4)c(O)c32)cc1OC. The summed E-state index contributed by atoms with van der Waals surface area (Å²) in [5.74, 6) is -0.0994. The largest absolute Gasteiger partial charge is 0.507 e. The molecule has 152 valence electrons. The Morgan fingerprint density at radius 1 is 1.00 bits per heavy atom. The Bertz CT molecular complexity index is 1120. The molecule has 0 saturated heterocycles. The molecule has 6 nitrogen and oxygen atoms in total. The number of benzene rings is 3. The van der Waals surface area contributed by atoms with E-state index in [1.807, 2.05) is 6.07 Å². The van der Waals surface area contributed by atoms with Gasteiger partial charge in [0, 0.05) is 17.0 Å². The van der Waals surface area contributed by atoms with Crippen molar-refractivity contribution in [3.8, 4) is 23.0 Å². The van der Waals surface area contributed by atoms with Gasteiger partial charge in [0.05, 0.1) is 26.2 Å². The van der Waals surface area contributed by atoms with Gasteiger partial charge in [0.2, 0.25) is 0 Å². The van der Waals surface area contributed by atoms with E-state index in [1.54, 1.807) is 48.5 Å². The van der Waals surface area contributed by atoms with Gasteiger partial charge < -0.3 is 19.3 Å². The molecule has 0 fully saturated rings. The smallest absolute Gasteiger partial charge is 0.312 e. The Morgan fingerprint density at radius 3 is 2.43 bits per heavy atom. The zero-order valence-corrected chi connectivity index (χ0v) is 16.5. The van der Waals surface area contributed by atoms with E-state index in [0.717, 1.165) is 5.56 Å². The number of ether oxygens (including phenoxy) is 3. The van der Waals surface area contributed by atoms with Crippen LogP contribution in [0.2, 0.25) is 0 Å². The van der Waals surface area contributed by atoms with Crippen LogP contribution in [-0.2, 0) is 4.79 Å². The van der Waals surface area contributed by atoms with Gasteiger partial charge in [-0.3, -0.25) is 9.59 Å². The highest BCUT2D eigenvalue weighted by Gasteiger charge is 2.33. The molecule has 30 heavy (non-hydrogen) atoms. The number of hydrogen-bond donors (Lipinski definition) is 1. The van der Waals surface area contributed by atoms with Crippen molar-refractivity contribution in [2.24, 2.45) is 0 Å². The molecule has 3 aromatic carbocycles. The summed E-state index contributed by atoms with van der Waals surface area (Å²) in [6, 6.07) is 17.0. The number of esters is 1. The van der Waals surface area contributed by atoms with Crippen LogP contribution in [0, 0.1) is 0 Å². The van der Waals surface area contributed by atoms with Crippen molar-refractivity contribution in [1.29, 1.82) is 0 Å². The van der Waals surface area contributed by atoms with E-state index in [-0.39, 0.29) is 29.3 Å². The third-order valence-electron chi connectivity index (χ3n) is 5.21. The maximum atomic E-state index is 12.9. The molecule has 0 bridgehead atoms. The fourth-order valence-electron chi connectivity index (χ4n) is 3.73. The van der Waals surface area contributed by atoms with Crippen LogP contribution in [0.15, 0.2) is 60.7 Å². The summed E-state index contributed by atoms with van der Waals surface area (Å²) in [6.45, 7) is 0. The molecule has 0 amide bonds. The minimum atomic E-state index is -0.496. The van der Waals surface area contributed by atoms with E-state index in [0.29, 0.717) is 22.6 Å². The molecule has 4 rings (SSSR count). The van der Waals surface area contributed by atoms with Gasteiger partial charge in [-0.15, -0.1) is 0 Å². The fourth-order valence-corrected chi connectivity index (χ4v) is 3.73. The topological polar surface area (TPSA) is 82.1 Å². The number of methoxy groups -OCH3 is 2. The van der Waals surface area contributed by atoms with Gasteiger partial charge in [-0.1, -0.05) is 36.4 Å². The highest BCUT2D eigenvalue weighted by Crippen LogP contribution is 2.46. The minimum absolute atomic E-state index is 0.0268. The van der Waals surface area contributed by atoms with E-state index in [9.17, 15) is 14.7 Å². The molecule has 0 aliphatic carbocycles. The Labute approximate surface area is 173 Å². The average Bonchev–Trinajstić information content (AvgIpc) is 2.78. The molecular formula is C24H20O6. The molecule has 0 saturated carbocycles. The van der Waals surface area contributed by atoms with Crippen LogP contribution in [0.4, 0.5) is 0 Å². The summed E-state index contributed by atoms with van der Waals surface area (Å²) in [7, 11) is 3.07. The molecule has 1 aliphatic heterocycles. The number of rotatable bonds is 5. The number of aromatic hydroxyl groups is 1. The van der Waals surface area contributed by atoms with Crippen molar-refractivity contribution in [3.63, 3.8) is 0 Å². The summed E-state index contributed by atoms with van der Waals surface area (Å²) in [5.41, 5.74) is 1.76. The summed E-state index contributed by atoms with van der Waals surface area (Å²) in [6.07, 6.45) is 0.0268. The standard InChI is InChI=1S/C24H20O6/c1-28-18-10-8-15(12-20(18)29-2)17-13-21(25)30-19-11-9-16(24(27)22(17)19)23(26)14-6-4-3-5-7-14/h3-12,17,27H,13H2,1-2H3/t17-/m0/s1. The Balaban J connectivity index is 1.84. The first-order chi connectivity index (χ1) is 14.5. The van der Waals surface area contributed by atoms with Gasteiger partial charge in [0.15, 0.2) is 17.3 Å². The molecule has 1 aliphatic rings. The molecule has 0 radical (unpaired) electrons. The Hall–Kier alpha value is -3.80. The highest BCUT2D eigenvalue weighted by molar-refractivity contribution is 6.11. The first-order valence-electron chi connectivity index (χ1n) is 9.41. The predicted molar refractivity (Wildman–Crippen MR) is 110 cm³/mol. The number of carbonyl (C=O) groups excluding carboxylic acids is 2. The molecule has 6 heteroatoms. The van der Waals surface area contributed by atoms with Gasteiger partial charge in [-0.2, -0.15) is 0 Å². The number of carbonyl (C=O) groups is 2. The maximum absolute atomic E-state index is 12.9. The van der Waals surface area contributed by atoms with Gasteiger partial charge in [-0.25, -0.2) is 0 Å². The monoisotopic (exact) mass is 404 g/mol. The van der Waals surface area contributed by atoms with Crippen molar-refractivity contribution in [2.75, 3.05) is 14.2 Å². The molecule has 0 aromatic heterocycles. The van der Waals surface area contributed by atoms with Crippen LogP contribution in [0.5, 0.6) is 23.0 Å². The van der Waals surface area contributed by atoms with Crippen LogP contribution in [0.1, 0.15) is 39.4 Å². The van der Waals surface area contributed by atoms with Gasteiger partial charge >= 0.3 is 5.97 Å². The molecule has 1 N–H and O–H groups in total. The van der Waals surface area contributed by atoms with E-state index < -0.39 is 11.9 Å². The maximum Gasteiger partial charge on any atom is 0.312 e. The van der Waals surface area contributed by atoms with Gasteiger partial charge in [-0.05, 0) is 29.8 Å². The first kappa shape index (κ1) is 19.5. The summed E-state index contributed by atoms with van der Waals surface area (Å²) >= 11 is 0. The lowest BCUT2D eigenvalue weighted by Crippen LogP contribution is -2.22. The zero-order valence-electron chi connectivity index (χ0n) is 16.5. The molecular weight excluding hydrogens is 384 g/mol. The molecule has 3 aromatic rings. The van der Waals surface area contributed by atoms with Crippen molar-refractivity contribution in [1.82, 2.24) is 0 Å². The third-order valence-corrected chi connectivity index (χ3v) is 5.21. The number of hydrogen-bond acceptors (Lipinski definition) is 6. The van der Waals surface area contributed by atoms with Crippen LogP contribution >= 0.6 is 0 Å². The summed E-state index contributed by atoms with van der Waals surface area (Å²) < 4.78 is 16.0. The quantitative estimate of drug-likeness (QED) is 0.392. The lowest BCUT2D eigenvalue weighted by molar-refractivity contribution is -0.135.